The van der Waals surface area contributed by atoms with Gasteiger partial charge in [0.1, 0.15) is 29.5 Å². The zero-order valence-electron chi connectivity index (χ0n) is 56.7. The number of methoxy groups -OCH3 is 2. The van der Waals surface area contributed by atoms with Crippen molar-refractivity contribution in [3.8, 4) is 46.0 Å². The van der Waals surface area contributed by atoms with Gasteiger partial charge in [-0.15, -0.1) is 0 Å². The van der Waals surface area contributed by atoms with Crippen molar-refractivity contribution in [3.05, 3.63) is 244 Å². The van der Waals surface area contributed by atoms with Crippen molar-refractivity contribution < 1.29 is 129 Å². The number of carbonyl (C=O) groups excluding carboxylic acids is 3. The second-order valence-corrected chi connectivity index (χ2v) is 57.8. The maximum absolute atomic E-state index is 12.0. The number of alkyl halides is 2. The molecule has 0 aliphatic rings. The molecule has 0 aliphatic heterocycles. The van der Waals surface area contributed by atoms with Gasteiger partial charge in [-0.25, -0.2) is 24.0 Å². The number of hydrogen-bond acceptors (Lipinski definition) is 19. The van der Waals surface area contributed by atoms with Crippen LogP contribution in [0.4, 0.5) is 0 Å². The number of aldehydes is 2. The van der Waals surface area contributed by atoms with Gasteiger partial charge in [-0.05, 0) is 143 Å². The molecule has 0 spiro atoms. The van der Waals surface area contributed by atoms with Crippen molar-refractivity contribution in [2.24, 2.45) is 15.9 Å². The van der Waals surface area contributed by atoms with E-state index in [1.807, 2.05) is 4.93 Å². The molecule has 8 aromatic carbocycles. The van der Waals surface area contributed by atoms with Crippen molar-refractivity contribution in [2.75, 3.05) is 30.1 Å². The van der Waals surface area contributed by atoms with Gasteiger partial charge in [0, 0.05) is 58.4 Å². The van der Waals surface area contributed by atoms with Gasteiger partial charge < -0.3 is 86.3 Å². The summed E-state index contributed by atoms with van der Waals surface area (Å²) in [5.41, 5.74) is 1.41. The summed E-state index contributed by atoms with van der Waals surface area (Å²) in [6.07, 6.45) is 3.63. The number of aliphatic imine (C=N–C) groups is 1. The number of ether oxygens (including phenoxy) is 2. The number of aromatic carboxylic acids is 5. The number of phenolic OH excluding ortho intramolecular Hbond substituents is 6. The minimum Gasteiger partial charge on any atom is 0 e. The number of hydrogen-bond donors (Lipinski definition) is 12. The fourth-order valence-corrected chi connectivity index (χ4v) is 7.79. The monoisotopic (exact) mass is 2280 g/mol. The van der Waals surface area contributed by atoms with Gasteiger partial charge in [0.15, 0.2) is 41.4 Å². The molecule has 39 heteroatoms. The SMILES string of the molecule is C.CCI.CI.COc1cc(C(=O)CN=Cc2cc(Cl)ccc2O)ccc1O.COc1cc(C(=O)O)ccc1O.N/N=C/c1cc(Cl)ccc1O.O=C(O)c1ccc(Cl)c(Cl)c1.O=C(O)c1ccc(O)c(Cl)c1.O=Cc1cc(Cl)c(C(=O)O)cc1Cl.O=Cc1cc(Cl)c(C(=O)O)cc1O.[3H]C.[CH3-].[CH3-].[I][V]([I])[I].[V]. The third-order valence-corrected chi connectivity index (χ3v) is 13.3. The van der Waals surface area contributed by atoms with Crippen LogP contribution in [-0.4, -0.2) is 147 Å². The molecule has 0 amide bonds. The quantitative estimate of drug-likeness (QED) is 0.00703. The summed E-state index contributed by atoms with van der Waals surface area (Å²) < 4.78 is 16.6. The van der Waals surface area contributed by atoms with E-state index in [0.717, 1.165) is 18.2 Å². The topological polar surface area (TPSA) is 428 Å². The van der Waals surface area contributed by atoms with Crippen molar-refractivity contribution in [1.29, 1.82) is 0 Å². The number of Topliss-reactive ketones (excluding diaryl/α,β-unsaturated/α-hetero) is 1. The summed E-state index contributed by atoms with van der Waals surface area (Å²) in [5.74, 6) is -0.969. The molecule has 8 rings (SSSR count). The Labute approximate surface area is 736 Å². The van der Waals surface area contributed by atoms with Crippen LogP contribution in [0.2, 0.25) is 40.2 Å². The molecule has 0 aromatic heterocycles. The summed E-state index contributed by atoms with van der Waals surface area (Å²) in [7, 11) is 4.02. The Hall–Kier alpha value is -5.20. The van der Waals surface area contributed by atoms with Crippen LogP contribution < -0.4 is 15.3 Å². The average Bonchev–Trinajstić information content (AvgIpc) is 0.841. The molecule has 1 radical (unpaired) electrons. The number of nitrogens with zero attached hydrogens (tertiary/aromatic N) is 2. The van der Waals surface area contributed by atoms with Gasteiger partial charge in [-0.1, -0.05) is 160 Å². The first-order valence-corrected chi connectivity index (χ1v) is 46.8. The molecular formula is C68H69Cl8I5N3O21V2-2. The summed E-state index contributed by atoms with van der Waals surface area (Å²) in [6.45, 7) is 2.01. The zero-order chi connectivity index (χ0) is 80.7. The molecule has 0 saturated carbocycles. The molecule has 0 fully saturated rings. The summed E-state index contributed by atoms with van der Waals surface area (Å²) in [5, 5.41) is 103. The van der Waals surface area contributed by atoms with E-state index < -0.39 is 35.6 Å². The van der Waals surface area contributed by atoms with E-state index in [1.165, 1.54) is 129 Å². The number of halogens is 13. The van der Waals surface area contributed by atoms with Crippen LogP contribution in [0.3, 0.4) is 0 Å². The van der Waals surface area contributed by atoms with E-state index in [1.54, 1.807) is 24.3 Å². The van der Waals surface area contributed by atoms with Gasteiger partial charge in [-0.2, -0.15) is 5.10 Å². The van der Waals surface area contributed by atoms with Crippen LogP contribution in [0.5, 0.6) is 46.0 Å². The number of nitrogens with two attached hydrogens (primary N) is 1. The largest absolute Gasteiger partial charge is 0 e. The normalized spacial score (nSPS) is 9.32. The summed E-state index contributed by atoms with van der Waals surface area (Å²) >= 11 is 56.6. The fraction of sp³-hybridized carbons (Fsp3) is 0.118. The van der Waals surface area contributed by atoms with Crippen LogP contribution >= 0.6 is 198 Å². The van der Waals surface area contributed by atoms with E-state index in [-0.39, 0.29) is 162 Å². The number of carboxylic acids is 5. The zero-order valence-corrected chi connectivity index (χ0v) is 75.3. The van der Waals surface area contributed by atoms with E-state index in [2.05, 4.69) is 122 Å². The molecule has 0 bridgehead atoms. The third-order valence-electron chi connectivity index (χ3n) is 10.9. The average molecular weight is 2290 g/mol. The smallest absolute Gasteiger partial charge is 0 e. The van der Waals surface area contributed by atoms with Crippen molar-refractivity contribution in [1.82, 2.24) is 0 Å². The minimum atomic E-state index is -1.25. The van der Waals surface area contributed by atoms with Crippen LogP contribution in [-0.2, 0) is 23.5 Å². The van der Waals surface area contributed by atoms with Crippen LogP contribution in [0, 0.1) is 14.9 Å². The van der Waals surface area contributed by atoms with Crippen molar-refractivity contribution in [3.63, 3.8) is 0 Å². The first-order chi connectivity index (χ1) is 48.9. The Balaban J connectivity index is -0.000000217. The standard InChI is InChI=1S/C16H14ClNO4.C8H4Cl2O3.C8H5ClO4.C8H8O4.C7H4Cl2O2.C7H7ClN2O.C7H5ClO3.C2H5I.CH3I.2CH4.2CH3.3HI.2V/c1-22-16-7-10(2-4-14(16)20)15(21)9-18-8-11-6-12(17)3-5-13(11)19;9-6-2-5(8(12)13)7(10)1-4(6)3-11;9-6-1-4(3-10)7(11)2-5(6)8(12)13;1-12-7-4-5(8(10)11)2-3-6(7)9;8-5-2-1-4(7(10)11)3-6(5)9;8-6-1-2-7(11)5(3-6)4-10-9;8-5-3-4(7(10)11)1-2-6(5)9;1-2-3;1-2;;;;;;;;;/h2-8,19-20H,9H2,1H3;1-3H,(H,12,13);1-3,11H,(H,12,13);2-4,9H,1H3,(H,10,11);1-3H,(H,10,11);1-4,11H,9H2;1-3,9H,(H,10,11);2H2,1H3;1H3;2*1H4;2*1H3;3*1H;;/q;;;;;;;;;;;2*-1;;;;;+3/p-3/b;;;;;10-4+;;;;;;;;;;;;/i;;;;;;;;;1T;;;;;;;;. The fourth-order valence-electron chi connectivity index (χ4n) is 6.24. The molecule has 107 heavy (non-hydrogen) atoms. The van der Waals surface area contributed by atoms with E-state index in [0.29, 0.717) is 44.3 Å². The Morgan fingerprint density at radius 2 is 0.804 bits per heavy atom. The van der Waals surface area contributed by atoms with Crippen LogP contribution in [0.1, 0.15) is 117 Å². The summed E-state index contributed by atoms with van der Waals surface area (Å²) in [4.78, 5) is 90.5. The van der Waals surface area contributed by atoms with E-state index >= 15 is 0 Å². The minimum absolute atomic E-state index is 0. The maximum Gasteiger partial charge on any atom is 0 e. The molecule has 0 aliphatic carbocycles. The van der Waals surface area contributed by atoms with Gasteiger partial charge in [0.05, 0.1) is 84.0 Å². The number of rotatable bonds is 14. The van der Waals surface area contributed by atoms with Gasteiger partial charge in [-0.3, -0.25) is 19.4 Å². The number of aromatic hydroxyl groups is 6. The van der Waals surface area contributed by atoms with Gasteiger partial charge in [0.25, 0.3) is 0 Å². The van der Waals surface area contributed by atoms with Gasteiger partial charge >= 0.3 is 94.7 Å². The Morgan fingerprint density at radius 1 is 0.458 bits per heavy atom. The predicted molar refractivity (Wildman–Crippen MR) is 462 cm³/mol. The number of carbonyl (C=O) groups is 8. The van der Waals surface area contributed by atoms with Crippen molar-refractivity contribution >= 4 is 259 Å². The molecule has 0 unspecified atom stereocenters. The molecule has 0 atom stereocenters. The van der Waals surface area contributed by atoms with Crippen LogP contribution in [0.25, 0.3) is 0 Å². The number of hydrazone groups is 1. The Bertz CT molecular complexity index is 4090. The maximum atomic E-state index is 12.0. The Morgan fingerprint density at radius 3 is 1.18 bits per heavy atom. The van der Waals surface area contributed by atoms with Crippen molar-refractivity contribution in [2.45, 2.75) is 21.8 Å². The predicted octanol–water partition coefficient (Wildman–Crippen LogP) is 21.3. The first kappa shape index (κ1) is 113. The molecular weight excluding hydrogens is 2210 g/mol. The number of carboxylic acid groups (broad SMARTS) is 5. The van der Waals surface area contributed by atoms with Gasteiger partial charge in [0.2, 0.25) is 0 Å². The number of benzene rings is 8. The molecule has 8 aromatic rings. The number of ketones is 1. The first-order valence-electron chi connectivity index (χ1n) is 27.6. The van der Waals surface area contributed by atoms with E-state index in [9.17, 15) is 48.6 Å². The molecule has 0 saturated heterocycles. The second-order valence-electron chi connectivity index (χ2n) is 17.6. The molecule has 13 N–H and O–H groups in total. The molecule has 0 heterocycles. The molecule has 24 nitrogen and oxygen atoms in total. The summed E-state index contributed by atoms with van der Waals surface area (Å²) in [6, 6.07) is 29.7. The Kier molecular flexibility index (Phi) is 66.8. The third kappa shape index (κ3) is 46.3. The molecule has 585 valence electrons. The second kappa shape index (κ2) is 63.4. The van der Waals surface area contributed by atoms with E-state index in [4.69, 9.17) is 155 Å². The van der Waals surface area contributed by atoms with Crippen LogP contribution in [0.15, 0.2) is 144 Å². The number of phenols is 6.